The fourth-order valence-electron chi connectivity index (χ4n) is 1.13. The van der Waals surface area contributed by atoms with E-state index in [1.54, 1.807) is 19.2 Å². The lowest BCUT2D eigenvalue weighted by Gasteiger charge is -1.95. The van der Waals surface area contributed by atoms with E-state index in [-0.39, 0.29) is 5.82 Å². The molecule has 0 spiro atoms. The highest BCUT2D eigenvalue weighted by atomic mass is 19.1. The first-order valence-electron chi connectivity index (χ1n) is 5.37. The number of hydrogen-bond donors (Lipinski definition) is 1. The van der Waals surface area contributed by atoms with E-state index >= 15 is 0 Å². The van der Waals surface area contributed by atoms with E-state index in [4.69, 9.17) is 0 Å². The zero-order valence-corrected chi connectivity index (χ0v) is 10.1. The molecular formula is C12H19FN2. The minimum absolute atomic E-state index is 0.182. The average molecular weight is 210 g/mol. The maximum atomic E-state index is 12.9. The van der Waals surface area contributed by atoms with Crippen LogP contribution in [0.25, 0.3) is 10.9 Å². The van der Waals surface area contributed by atoms with E-state index in [0.717, 1.165) is 10.9 Å². The second-order valence-electron chi connectivity index (χ2n) is 2.50. The van der Waals surface area contributed by atoms with Gasteiger partial charge in [0.05, 0.1) is 11.7 Å². The fourth-order valence-corrected chi connectivity index (χ4v) is 1.13. The van der Waals surface area contributed by atoms with Crippen LogP contribution in [0.2, 0.25) is 0 Å². The Morgan fingerprint density at radius 2 is 1.73 bits per heavy atom. The molecule has 0 bridgehead atoms. The molecule has 2 nitrogen and oxygen atoms in total. The normalized spacial score (nSPS) is 8.67. The summed E-state index contributed by atoms with van der Waals surface area (Å²) in [6.07, 6.45) is 1.63. The number of H-pyrrole nitrogens is 1. The summed E-state index contributed by atoms with van der Waals surface area (Å²) in [6, 6.07) is 3.13. The molecule has 0 radical (unpaired) electrons. The number of aromatic amines is 1. The highest BCUT2D eigenvalue weighted by molar-refractivity contribution is 5.81. The lowest BCUT2D eigenvalue weighted by molar-refractivity contribution is 0.621. The van der Waals surface area contributed by atoms with Crippen molar-refractivity contribution in [3.63, 3.8) is 0 Å². The number of rotatable bonds is 0. The second kappa shape index (κ2) is 6.98. The molecule has 2 rings (SSSR count). The number of fused-ring (bicyclic) bond motifs is 1. The summed E-state index contributed by atoms with van der Waals surface area (Å²) in [4.78, 5) is 0. The van der Waals surface area contributed by atoms with Crippen molar-refractivity contribution in [2.45, 2.75) is 34.6 Å². The van der Waals surface area contributed by atoms with Gasteiger partial charge in [-0.1, -0.05) is 27.7 Å². The molecule has 0 aliphatic carbocycles. The van der Waals surface area contributed by atoms with Crippen molar-refractivity contribution in [1.29, 1.82) is 0 Å². The maximum absolute atomic E-state index is 12.9. The van der Waals surface area contributed by atoms with Crippen LogP contribution in [0, 0.1) is 12.7 Å². The van der Waals surface area contributed by atoms with E-state index in [1.165, 1.54) is 6.07 Å². The topological polar surface area (TPSA) is 28.7 Å². The Balaban J connectivity index is 0.000000442. The SMILES string of the molecule is CC.CC.Cc1c(F)ccc2[nH]ncc12. The van der Waals surface area contributed by atoms with Gasteiger partial charge in [0, 0.05) is 5.39 Å². The molecule has 15 heavy (non-hydrogen) atoms. The van der Waals surface area contributed by atoms with Crippen molar-refractivity contribution in [3.05, 3.63) is 29.7 Å². The van der Waals surface area contributed by atoms with Crippen LogP contribution < -0.4 is 0 Å². The Hall–Kier alpha value is -1.38. The number of nitrogens with one attached hydrogen (secondary N) is 1. The molecule has 0 saturated carbocycles. The van der Waals surface area contributed by atoms with Gasteiger partial charge in [0.1, 0.15) is 5.82 Å². The van der Waals surface area contributed by atoms with Crippen LogP contribution >= 0.6 is 0 Å². The number of nitrogens with zero attached hydrogens (tertiary/aromatic N) is 1. The van der Waals surface area contributed by atoms with Crippen molar-refractivity contribution >= 4 is 10.9 Å². The monoisotopic (exact) mass is 210 g/mol. The molecule has 0 amide bonds. The number of hydrogen-bond acceptors (Lipinski definition) is 1. The van der Waals surface area contributed by atoms with Gasteiger partial charge < -0.3 is 0 Å². The molecule has 0 atom stereocenters. The molecule has 1 aromatic carbocycles. The van der Waals surface area contributed by atoms with Crippen LogP contribution in [0.3, 0.4) is 0 Å². The van der Waals surface area contributed by atoms with Gasteiger partial charge >= 0.3 is 0 Å². The molecule has 0 saturated heterocycles. The lowest BCUT2D eigenvalue weighted by atomic mass is 10.1. The summed E-state index contributed by atoms with van der Waals surface area (Å²) in [5, 5.41) is 7.43. The van der Waals surface area contributed by atoms with E-state index < -0.39 is 0 Å². The van der Waals surface area contributed by atoms with Crippen molar-refractivity contribution < 1.29 is 4.39 Å². The molecule has 3 heteroatoms. The summed E-state index contributed by atoms with van der Waals surface area (Å²) >= 11 is 0. The summed E-state index contributed by atoms with van der Waals surface area (Å²) in [6.45, 7) is 9.74. The zero-order valence-electron chi connectivity index (χ0n) is 10.1. The Morgan fingerprint density at radius 1 is 1.13 bits per heavy atom. The smallest absolute Gasteiger partial charge is 0.126 e. The Bertz CT molecular complexity index is 393. The second-order valence-corrected chi connectivity index (χ2v) is 2.50. The predicted molar refractivity (Wildman–Crippen MR) is 63.5 cm³/mol. The first kappa shape index (κ1) is 13.6. The molecule has 0 aliphatic rings. The van der Waals surface area contributed by atoms with E-state index in [9.17, 15) is 4.39 Å². The third-order valence-corrected chi connectivity index (χ3v) is 1.83. The molecule has 1 N–H and O–H groups in total. The summed E-state index contributed by atoms with van der Waals surface area (Å²) in [7, 11) is 0. The third kappa shape index (κ3) is 3.05. The number of benzene rings is 1. The van der Waals surface area contributed by atoms with Gasteiger partial charge in [0.2, 0.25) is 0 Å². The molecule has 0 fully saturated rings. The Labute approximate surface area is 90.5 Å². The standard InChI is InChI=1S/C8H7FN2.2C2H6/c1-5-6-4-10-11-8(6)3-2-7(5)9;2*1-2/h2-4H,1H3,(H,10,11);2*1-2H3. The van der Waals surface area contributed by atoms with Crippen LogP contribution in [-0.2, 0) is 0 Å². The van der Waals surface area contributed by atoms with Crippen molar-refractivity contribution in [2.75, 3.05) is 0 Å². The first-order chi connectivity index (χ1) is 7.29. The average Bonchev–Trinajstić information content (AvgIpc) is 2.78. The summed E-state index contributed by atoms with van der Waals surface area (Å²) in [5.41, 5.74) is 1.53. The Morgan fingerprint density at radius 3 is 2.33 bits per heavy atom. The van der Waals surface area contributed by atoms with Gasteiger partial charge in [0.25, 0.3) is 0 Å². The third-order valence-electron chi connectivity index (χ3n) is 1.83. The maximum Gasteiger partial charge on any atom is 0.126 e. The molecule has 0 unspecified atom stereocenters. The van der Waals surface area contributed by atoms with Crippen molar-refractivity contribution in [3.8, 4) is 0 Å². The van der Waals surface area contributed by atoms with Gasteiger partial charge in [-0.15, -0.1) is 0 Å². The van der Waals surface area contributed by atoms with E-state index in [1.807, 2.05) is 27.7 Å². The van der Waals surface area contributed by atoms with Gasteiger partial charge in [-0.25, -0.2) is 4.39 Å². The summed E-state index contributed by atoms with van der Waals surface area (Å²) < 4.78 is 12.9. The van der Waals surface area contributed by atoms with Gasteiger partial charge in [-0.2, -0.15) is 5.10 Å². The lowest BCUT2D eigenvalue weighted by Crippen LogP contribution is -1.81. The van der Waals surface area contributed by atoms with Crippen LogP contribution in [-0.4, -0.2) is 10.2 Å². The van der Waals surface area contributed by atoms with Gasteiger partial charge in [-0.3, -0.25) is 5.10 Å². The molecular weight excluding hydrogens is 191 g/mol. The van der Waals surface area contributed by atoms with Crippen LogP contribution in [0.15, 0.2) is 18.3 Å². The quantitative estimate of drug-likeness (QED) is 0.697. The van der Waals surface area contributed by atoms with Crippen LogP contribution in [0.4, 0.5) is 4.39 Å². The predicted octanol–water partition coefficient (Wildman–Crippen LogP) is 4.06. The zero-order chi connectivity index (χ0) is 11.8. The van der Waals surface area contributed by atoms with Gasteiger partial charge in [0.15, 0.2) is 0 Å². The number of aryl methyl sites for hydroxylation is 1. The summed E-state index contributed by atoms with van der Waals surface area (Å²) in [5.74, 6) is -0.182. The minimum Gasteiger partial charge on any atom is -0.278 e. The molecule has 0 aliphatic heterocycles. The van der Waals surface area contributed by atoms with Crippen LogP contribution in [0.1, 0.15) is 33.3 Å². The van der Waals surface area contributed by atoms with Crippen LogP contribution in [0.5, 0.6) is 0 Å². The molecule has 2 aromatic rings. The van der Waals surface area contributed by atoms with Crippen molar-refractivity contribution in [2.24, 2.45) is 0 Å². The minimum atomic E-state index is -0.182. The first-order valence-corrected chi connectivity index (χ1v) is 5.37. The van der Waals surface area contributed by atoms with E-state index in [2.05, 4.69) is 10.2 Å². The highest BCUT2D eigenvalue weighted by Gasteiger charge is 2.02. The van der Waals surface area contributed by atoms with E-state index in [0.29, 0.717) is 5.56 Å². The number of aromatic nitrogens is 2. The highest BCUT2D eigenvalue weighted by Crippen LogP contribution is 2.17. The van der Waals surface area contributed by atoms with Gasteiger partial charge in [-0.05, 0) is 24.6 Å². The van der Waals surface area contributed by atoms with Crippen molar-refractivity contribution in [1.82, 2.24) is 10.2 Å². The largest absolute Gasteiger partial charge is 0.278 e. The fraction of sp³-hybridized carbons (Fsp3) is 0.417. The molecule has 1 aromatic heterocycles. The number of halogens is 1. The molecule has 1 heterocycles. The Kier molecular flexibility index (Phi) is 6.34. The molecule has 84 valence electrons.